The zero-order valence-electron chi connectivity index (χ0n) is 10.9. The van der Waals surface area contributed by atoms with Crippen LogP contribution in [0.2, 0.25) is 0 Å². The Hall–Kier alpha value is -1.63. The van der Waals surface area contributed by atoms with E-state index in [0.29, 0.717) is 16.7 Å². The molecule has 0 saturated carbocycles. The number of pyridine rings is 1. The Morgan fingerprint density at radius 2 is 2.21 bits per heavy atom. The Morgan fingerprint density at radius 3 is 2.89 bits per heavy atom. The van der Waals surface area contributed by atoms with Gasteiger partial charge in [-0.2, -0.15) is 5.10 Å². The van der Waals surface area contributed by atoms with E-state index in [4.69, 9.17) is 5.73 Å². The van der Waals surface area contributed by atoms with Crippen molar-refractivity contribution in [2.24, 2.45) is 0 Å². The first-order valence-corrected chi connectivity index (χ1v) is 6.85. The maximum Gasteiger partial charge on any atom is 0.265 e. The fraction of sp³-hybridized carbons (Fsp3) is 0.417. The highest BCUT2D eigenvalue weighted by Gasteiger charge is 2.11. The van der Waals surface area contributed by atoms with Crippen molar-refractivity contribution in [1.29, 1.82) is 0 Å². The summed E-state index contributed by atoms with van der Waals surface area (Å²) in [7, 11) is 0. The van der Waals surface area contributed by atoms with Crippen LogP contribution in [-0.4, -0.2) is 19.3 Å². The van der Waals surface area contributed by atoms with Gasteiger partial charge in [0, 0.05) is 12.7 Å². The molecule has 7 heteroatoms. The van der Waals surface area contributed by atoms with E-state index in [0.717, 1.165) is 24.4 Å². The Kier molecular flexibility index (Phi) is 4.04. The van der Waals surface area contributed by atoms with Crippen LogP contribution >= 0.6 is 15.9 Å². The lowest BCUT2D eigenvalue weighted by molar-refractivity contribution is 0.550. The van der Waals surface area contributed by atoms with Gasteiger partial charge >= 0.3 is 0 Å². The molecule has 19 heavy (non-hydrogen) atoms. The van der Waals surface area contributed by atoms with Gasteiger partial charge in [0.25, 0.3) is 5.56 Å². The third-order valence-electron chi connectivity index (χ3n) is 2.95. The Balaban J connectivity index is 2.39. The third-order valence-corrected chi connectivity index (χ3v) is 3.88. The second-order valence-corrected chi connectivity index (χ2v) is 5.15. The van der Waals surface area contributed by atoms with Gasteiger partial charge < -0.3 is 10.3 Å². The summed E-state index contributed by atoms with van der Waals surface area (Å²) in [5.41, 5.74) is 7.11. The fourth-order valence-electron chi connectivity index (χ4n) is 1.82. The van der Waals surface area contributed by atoms with Crippen molar-refractivity contribution in [1.82, 2.24) is 19.3 Å². The maximum atomic E-state index is 12.1. The molecule has 2 rings (SSSR count). The molecule has 0 aliphatic heterocycles. The normalized spacial score (nSPS) is 10.9. The molecule has 0 unspecified atom stereocenters. The number of rotatable bonds is 4. The van der Waals surface area contributed by atoms with Crippen molar-refractivity contribution in [3.63, 3.8) is 0 Å². The SMILES string of the molecule is CCCn1ncnc1Cn1cc(N)c(C)c(Br)c1=O. The number of nitrogens with zero attached hydrogens (tertiary/aromatic N) is 4. The average Bonchev–Trinajstić information content (AvgIpc) is 2.81. The van der Waals surface area contributed by atoms with Crippen LogP contribution < -0.4 is 11.3 Å². The van der Waals surface area contributed by atoms with Gasteiger partial charge in [0.05, 0.1) is 16.7 Å². The van der Waals surface area contributed by atoms with Gasteiger partial charge in [0.1, 0.15) is 12.2 Å². The fourth-order valence-corrected chi connectivity index (χ4v) is 2.27. The monoisotopic (exact) mass is 325 g/mol. The zero-order chi connectivity index (χ0) is 14.0. The minimum atomic E-state index is -0.113. The smallest absolute Gasteiger partial charge is 0.265 e. The molecule has 0 amide bonds. The number of hydrogen-bond donors (Lipinski definition) is 1. The van der Waals surface area contributed by atoms with Crippen LogP contribution in [0.5, 0.6) is 0 Å². The lowest BCUT2D eigenvalue weighted by Crippen LogP contribution is -2.24. The molecule has 0 aromatic carbocycles. The minimum absolute atomic E-state index is 0.113. The van der Waals surface area contributed by atoms with Gasteiger partial charge in [-0.15, -0.1) is 0 Å². The van der Waals surface area contributed by atoms with Crippen LogP contribution in [0.25, 0.3) is 0 Å². The van der Waals surface area contributed by atoms with E-state index in [-0.39, 0.29) is 5.56 Å². The predicted octanol–water partition coefficient (Wildman–Crippen LogP) is 1.55. The zero-order valence-corrected chi connectivity index (χ0v) is 12.5. The van der Waals surface area contributed by atoms with Gasteiger partial charge in [0.2, 0.25) is 0 Å². The maximum absolute atomic E-state index is 12.1. The highest BCUT2D eigenvalue weighted by atomic mass is 79.9. The number of aromatic nitrogens is 4. The van der Waals surface area contributed by atoms with E-state index in [1.54, 1.807) is 15.4 Å². The summed E-state index contributed by atoms with van der Waals surface area (Å²) in [5, 5.41) is 4.14. The molecule has 2 N–H and O–H groups in total. The predicted molar refractivity (Wildman–Crippen MR) is 77.0 cm³/mol. The highest BCUT2D eigenvalue weighted by molar-refractivity contribution is 9.10. The molecule has 2 aromatic rings. The molecule has 0 radical (unpaired) electrons. The minimum Gasteiger partial charge on any atom is -0.397 e. The number of hydrogen-bond acceptors (Lipinski definition) is 4. The standard InChI is InChI=1S/C12H16BrN5O/c1-3-4-18-10(15-7-16-18)6-17-5-9(14)8(2)11(13)12(17)19/h5,7H,3-4,6,14H2,1-2H3. The van der Waals surface area contributed by atoms with E-state index in [1.165, 1.54) is 6.33 Å². The molecular weight excluding hydrogens is 310 g/mol. The van der Waals surface area contributed by atoms with E-state index >= 15 is 0 Å². The van der Waals surface area contributed by atoms with Crippen LogP contribution in [0, 0.1) is 6.92 Å². The lowest BCUT2D eigenvalue weighted by atomic mass is 10.2. The highest BCUT2D eigenvalue weighted by Crippen LogP contribution is 2.17. The number of anilines is 1. The van der Waals surface area contributed by atoms with Gasteiger partial charge in [-0.3, -0.25) is 4.79 Å². The average molecular weight is 326 g/mol. The van der Waals surface area contributed by atoms with Crippen LogP contribution in [0.4, 0.5) is 5.69 Å². The summed E-state index contributed by atoms with van der Waals surface area (Å²) in [6.07, 6.45) is 4.11. The van der Waals surface area contributed by atoms with E-state index in [1.807, 2.05) is 6.92 Å². The largest absolute Gasteiger partial charge is 0.397 e. The van der Waals surface area contributed by atoms with E-state index < -0.39 is 0 Å². The molecule has 6 nitrogen and oxygen atoms in total. The van der Waals surface area contributed by atoms with Crippen molar-refractivity contribution >= 4 is 21.6 Å². The first-order valence-electron chi connectivity index (χ1n) is 6.06. The van der Waals surface area contributed by atoms with Crippen molar-refractivity contribution < 1.29 is 0 Å². The summed E-state index contributed by atoms with van der Waals surface area (Å²) < 4.78 is 3.84. The molecule has 2 aromatic heterocycles. The molecule has 0 fully saturated rings. The first kappa shape index (κ1) is 13.8. The first-order chi connectivity index (χ1) is 9.04. The molecule has 102 valence electrons. The molecular formula is C12H16BrN5O. The molecule has 0 aliphatic carbocycles. The van der Waals surface area contributed by atoms with Gasteiger partial charge in [0.15, 0.2) is 0 Å². The van der Waals surface area contributed by atoms with Crippen LogP contribution in [0.15, 0.2) is 21.8 Å². The van der Waals surface area contributed by atoms with Crippen molar-refractivity contribution in [3.05, 3.63) is 38.7 Å². The van der Waals surface area contributed by atoms with Crippen LogP contribution in [0.3, 0.4) is 0 Å². The molecule has 0 bridgehead atoms. The molecule has 0 aliphatic rings. The van der Waals surface area contributed by atoms with E-state index in [2.05, 4.69) is 32.9 Å². The number of nitrogens with two attached hydrogens (primary N) is 1. The van der Waals surface area contributed by atoms with Gasteiger partial charge in [-0.1, -0.05) is 6.92 Å². The Bertz CT molecular complexity index is 646. The van der Waals surface area contributed by atoms with Crippen molar-refractivity contribution in [2.75, 3.05) is 5.73 Å². The third kappa shape index (κ3) is 2.70. The summed E-state index contributed by atoms with van der Waals surface area (Å²) >= 11 is 3.28. The van der Waals surface area contributed by atoms with Crippen molar-refractivity contribution in [3.8, 4) is 0 Å². The molecule has 0 saturated heterocycles. The lowest BCUT2D eigenvalue weighted by Gasteiger charge is -2.10. The molecule has 0 spiro atoms. The Labute approximate surface area is 119 Å². The quantitative estimate of drug-likeness (QED) is 0.925. The number of nitrogen functional groups attached to an aromatic ring is 1. The number of halogens is 1. The number of aryl methyl sites for hydroxylation is 1. The van der Waals surface area contributed by atoms with Gasteiger partial charge in [-0.05, 0) is 34.8 Å². The van der Waals surface area contributed by atoms with Crippen LogP contribution in [0.1, 0.15) is 24.7 Å². The summed E-state index contributed by atoms with van der Waals surface area (Å²) in [4.78, 5) is 16.3. The molecule has 0 atom stereocenters. The summed E-state index contributed by atoms with van der Waals surface area (Å²) in [5.74, 6) is 0.749. The van der Waals surface area contributed by atoms with E-state index in [9.17, 15) is 4.79 Å². The molecule has 2 heterocycles. The second kappa shape index (κ2) is 5.56. The topological polar surface area (TPSA) is 78.7 Å². The Morgan fingerprint density at radius 1 is 1.47 bits per heavy atom. The van der Waals surface area contributed by atoms with Crippen molar-refractivity contribution in [2.45, 2.75) is 33.4 Å². The summed E-state index contributed by atoms with van der Waals surface area (Å²) in [6.45, 7) is 5.03. The van der Waals surface area contributed by atoms with Gasteiger partial charge in [-0.25, -0.2) is 9.67 Å². The second-order valence-electron chi connectivity index (χ2n) is 4.36. The summed E-state index contributed by atoms with van der Waals surface area (Å²) in [6, 6.07) is 0. The van der Waals surface area contributed by atoms with Crippen LogP contribution in [-0.2, 0) is 13.1 Å².